The number of anilines is 2. The van der Waals surface area contributed by atoms with Gasteiger partial charge in [0.25, 0.3) is 0 Å². The molecule has 7 nitrogen and oxygen atoms in total. The van der Waals surface area contributed by atoms with E-state index in [9.17, 15) is 9.59 Å². The molecule has 3 heterocycles. The Bertz CT molecular complexity index is 1260. The predicted octanol–water partition coefficient (Wildman–Crippen LogP) is 6.00. The van der Waals surface area contributed by atoms with E-state index in [1.807, 2.05) is 35.7 Å². The van der Waals surface area contributed by atoms with Crippen LogP contribution < -0.4 is 10.6 Å². The van der Waals surface area contributed by atoms with Crippen LogP contribution in [0.5, 0.6) is 0 Å². The van der Waals surface area contributed by atoms with Crippen molar-refractivity contribution in [1.82, 2.24) is 9.88 Å². The predicted molar refractivity (Wildman–Crippen MR) is 141 cm³/mol. The van der Waals surface area contributed by atoms with Gasteiger partial charge in [-0.05, 0) is 48.9 Å². The number of amides is 2. The number of benzene rings is 2. The highest BCUT2D eigenvalue weighted by Gasteiger charge is 2.36. The number of likely N-dealkylation sites (tertiary alicyclic amines) is 1. The van der Waals surface area contributed by atoms with E-state index in [1.54, 1.807) is 0 Å². The Morgan fingerprint density at radius 1 is 1.08 bits per heavy atom. The number of hydrogen-bond acceptors (Lipinski definition) is 6. The maximum absolute atomic E-state index is 13.1. The molecule has 3 atom stereocenters. The van der Waals surface area contributed by atoms with Gasteiger partial charge in [-0.2, -0.15) is 0 Å². The van der Waals surface area contributed by atoms with Gasteiger partial charge in [-0.25, -0.2) is 9.78 Å². The third-order valence-corrected chi connectivity index (χ3v) is 8.34. The van der Waals surface area contributed by atoms with E-state index >= 15 is 0 Å². The van der Waals surface area contributed by atoms with Crippen LogP contribution in [-0.4, -0.2) is 40.5 Å². The van der Waals surface area contributed by atoms with Gasteiger partial charge < -0.3 is 15.4 Å². The molecule has 2 unspecified atom stereocenters. The molecule has 2 aliphatic heterocycles. The summed E-state index contributed by atoms with van der Waals surface area (Å²) in [6.07, 6.45) is 5.99. The Labute approximate surface area is 214 Å². The first kappa shape index (κ1) is 23.0. The van der Waals surface area contributed by atoms with E-state index < -0.39 is 12.1 Å². The summed E-state index contributed by atoms with van der Waals surface area (Å²) in [5.41, 5.74) is 5.50. The number of hydrogen-bond donors (Lipinski definition) is 2. The molecule has 8 heteroatoms. The number of carbonyl (C=O) groups excluding carboxylic acids is 2. The standard InChI is InChI=1S/C28H30N4O3S/c33-26(25-11-6-14-32(25)28(34)35-16-18-7-2-1-3-8-18)31-27-30-24(17-36-27)19-12-13-23-21(15-19)20-9-4-5-10-22(20)29-23/h1-3,7-8,12-13,15,17,20,22,25,29H,4-6,9-11,14,16H2,(H,30,31,33)/t20?,22?,25-/m1/s1. The molecule has 2 fully saturated rings. The van der Waals surface area contributed by atoms with Crippen molar-refractivity contribution in [2.45, 2.75) is 63.1 Å². The number of nitrogens with one attached hydrogen (secondary N) is 2. The van der Waals surface area contributed by atoms with Crippen LogP contribution in [0.15, 0.2) is 53.9 Å². The van der Waals surface area contributed by atoms with Gasteiger partial charge in [0.15, 0.2) is 5.13 Å². The first-order chi connectivity index (χ1) is 17.7. The largest absolute Gasteiger partial charge is 0.445 e. The minimum absolute atomic E-state index is 0.193. The fourth-order valence-electron chi connectivity index (χ4n) is 5.75. The SMILES string of the molecule is O=C(Nc1nc(-c2ccc3c(c2)C2CCCCC2N3)cs1)[C@H]1CCCN1C(=O)OCc1ccccc1. The van der Waals surface area contributed by atoms with Crippen LogP contribution in [0.4, 0.5) is 15.6 Å². The van der Waals surface area contributed by atoms with Crippen molar-refractivity contribution in [3.8, 4) is 11.3 Å². The number of aromatic nitrogens is 1. The van der Waals surface area contributed by atoms with Crippen LogP contribution in [-0.2, 0) is 16.1 Å². The quantitative estimate of drug-likeness (QED) is 0.447. The monoisotopic (exact) mass is 502 g/mol. The smallest absolute Gasteiger partial charge is 0.410 e. The number of fused-ring (bicyclic) bond motifs is 3. The van der Waals surface area contributed by atoms with Crippen LogP contribution in [0.3, 0.4) is 0 Å². The Hall–Kier alpha value is -3.39. The van der Waals surface area contributed by atoms with Gasteiger partial charge >= 0.3 is 6.09 Å². The topological polar surface area (TPSA) is 83.6 Å². The van der Waals surface area contributed by atoms with E-state index in [1.165, 1.54) is 53.2 Å². The molecule has 2 aromatic carbocycles. The van der Waals surface area contributed by atoms with Gasteiger partial charge in [0.2, 0.25) is 5.91 Å². The van der Waals surface area contributed by atoms with Crippen LogP contribution in [0.2, 0.25) is 0 Å². The number of carbonyl (C=O) groups is 2. The Morgan fingerprint density at radius 3 is 2.83 bits per heavy atom. The summed E-state index contributed by atoms with van der Waals surface area (Å²) in [4.78, 5) is 32.0. The first-order valence-electron chi connectivity index (χ1n) is 12.8. The highest BCUT2D eigenvalue weighted by molar-refractivity contribution is 7.14. The van der Waals surface area contributed by atoms with Gasteiger partial charge in [0, 0.05) is 35.1 Å². The van der Waals surface area contributed by atoms with E-state index in [-0.39, 0.29) is 12.5 Å². The first-order valence-corrected chi connectivity index (χ1v) is 13.7. The number of ether oxygens (including phenoxy) is 1. The van der Waals surface area contributed by atoms with Crippen molar-refractivity contribution >= 4 is 34.2 Å². The van der Waals surface area contributed by atoms with Crippen LogP contribution in [0.25, 0.3) is 11.3 Å². The Morgan fingerprint density at radius 2 is 1.94 bits per heavy atom. The molecule has 0 spiro atoms. The zero-order valence-electron chi connectivity index (χ0n) is 20.1. The molecule has 6 rings (SSSR count). The summed E-state index contributed by atoms with van der Waals surface area (Å²) in [7, 11) is 0. The van der Waals surface area contributed by atoms with Crippen molar-refractivity contribution in [2.75, 3.05) is 17.2 Å². The maximum Gasteiger partial charge on any atom is 0.410 e. The van der Waals surface area contributed by atoms with Gasteiger partial charge in [-0.1, -0.05) is 49.2 Å². The summed E-state index contributed by atoms with van der Waals surface area (Å²) >= 11 is 1.41. The molecule has 1 aromatic heterocycles. The zero-order valence-corrected chi connectivity index (χ0v) is 20.9. The Kier molecular flexibility index (Phi) is 6.35. The van der Waals surface area contributed by atoms with Crippen LogP contribution in [0.1, 0.15) is 55.6 Å². The second-order valence-corrected chi connectivity index (χ2v) is 10.7. The molecule has 1 saturated heterocycles. The molecule has 186 valence electrons. The summed E-state index contributed by atoms with van der Waals surface area (Å²) in [5, 5.41) is 9.16. The lowest BCUT2D eigenvalue weighted by molar-refractivity contribution is -0.120. The number of nitrogens with zero attached hydrogens (tertiary/aromatic N) is 2. The molecule has 3 aromatic rings. The van der Waals surface area contributed by atoms with Gasteiger partial charge in [0.1, 0.15) is 12.6 Å². The molecule has 1 saturated carbocycles. The lowest BCUT2D eigenvalue weighted by Crippen LogP contribution is -2.43. The summed E-state index contributed by atoms with van der Waals surface area (Å²) < 4.78 is 5.47. The van der Waals surface area contributed by atoms with Crippen molar-refractivity contribution in [3.05, 3.63) is 65.0 Å². The molecular weight excluding hydrogens is 472 g/mol. The van der Waals surface area contributed by atoms with Gasteiger partial charge in [-0.15, -0.1) is 11.3 Å². The van der Waals surface area contributed by atoms with E-state index in [0.717, 1.165) is 23.2 Å². The molecule has 2 amide bonds. The third kappa shape index (κ3) is 4.57. The third-order valence-electron chi connectivity index (χ3n) is 7.58. The normalized spacial score (nSPS) is 22.4. The maximum atomic E-state index is 13.1. The van der Waals surface area contributed by atoms with Crippen molar-refractivity contribution in [1.29, 1.82) is 0 Å². The summed E-state index contributed by atoms with van der Waals surface area (Å²) in [6.45, 7) is 0.707. The number of rotatable bonds is 5. The van der Waals surface area contributed by atoms with E-state index in [0.29, 0.717) is 30.1 Å². The van der Waals surface area contributed by atoms with E-state index in [2.05, 4.69) is 28.8 Å². The van der Waals surface area contributed by atoms with E-state index in [4.69, 9.17) is 9.72 Å². The van der Waals surface area contributed by atoms with Crippen molar-refractivity contribution in [3.63, 3.8) is 0 Å². The van der Waals surface area contributed by atoms with Crippen molar-refractivity contribution < 1.29 is 14.3 Å². The average molecular weight is 503 g/mol. The van der Waals surface area contributed by atoms with Crippen LogP contribution >= 0.6 is 11.3 Å². The highest BCUT2D eigenvalue weighted by atomic mass is 32.1. The minimum atomic E-state index is -0.546. The molecule has 0 radical (unpaired) electrons. The lowest BCUT2D eigenvalue weighted by atomic mass is 9.82. The minimum Gasteiger partial charge on any atom is -0.445 e. The Balaban J connectivity index is 1.10. The highest BCUT2D eigenvalue weighted by Crippen LogP contribution is 2.45. The average Bonchev–Trinajstić information content (AvgIpc) is 3.66. The lowest BCUT2D eigenvalue weighted by Gasteiger charge is -2.25. The fourth-order valence-corrected chi connectivity index (χ4v) is 6.47. The number of thiazole rings is 1. The molecule has 1 aliphatic carbocycles. The molecule has 3 aliphatic rings. The summed E-state index contributed by atoms with van der Waals surface area (Å²) in [6, 6.07) is 16.1. The fraction of sp³-hybridized carbons (Fsp3) is 0.393. The zero-order chi connectivity index (χ0) is 24.5. The van der Waals surface area contributed by atoms with Crippen LogP contribution in [0, 0.1) is 0 Å². The van der Waals surface area contributed by atoms with Gasteiger partial charge in [-0.3, -0.25) is 9.69 Å². The van der Waals surface area contributed by atoms with Crippen molar-refractivity contribution in [2.24, 2.45) is 0 Å². The second kappa shape index (κ2) is 9.93. The molecule has 2 N–H and O–H groups in total. The molecule has 36 heavy (non-hydrogen) atoms. The molecule has 0 bridgehead atoms. The second-order valence-electron chi connectivity index (χ2n) is 9.86. The molecular formula is C28H30N4O3S. The summed E-state index contributed by atoms with van der Waals surface area (Å²) in [5.74, 6) is 0.370. The van der Waals surface area contributed by atoms with Gasteiger partial charge in [0.05, 0.1) is 5.69 Å².